The Kier molecular flexibility index (Phi) is 3.48. The van der Waals surface area contributed by atoms with Gasteiger partial charge in [0.15, 0.2) is 0 Å². The lowest BCUT2D eigenvalue weighted by molar-refractivity contribution is -0.121. The Morgan fingerprint density at radius 3 is 2.91 bits per heavy atom. The number of carbonyl (C=O) groups is 1. The van der Waals surface area contributed by atoms with Gasteiger partial charge < -0.3 is 4.98 Å². The number of amides is 1. The molecule has 1 aliphatic carbocycles. The third-order valence-corrected chi connectivity index (χ3v) is 4.86. The highest BCUT2D eigenvalue weighted by Gasteiger charge is 2.32. The van der Waals surface area contributed by atoms with Crippen LogP contribution in [-0.4, -0.2) is 33.7 Å². The molecule has 4 rings (SSSR count). The van der Waals surface area contributed by atoms with E-state index in [9.17, 15) is 4.79 Å². The zero-order valence-electron chi connectivity index (χ0n) is 13.2. The first-order valence-corrected chi connectivity index (χ1v) is 8.24. The molecule has 0 unspecified atom stereocenters. The van der Waals surface area contributed by atoms with Crippen LogP contribution in [0.3, 0.4) is 0 Å². The highest BCUT2D eigenvalue weighted by atomic mass is 16.2. The molecule has 1 fully saturated rings. The van der Waals surface area contributed by atoms with Gasteiger partial charge >= 0.3 is 0 Å². The van der Waals surface area contributed by atoms with Gasteiger partial charge in [-0.2, -0.15) is 0 Å². The summed E-state index contributed by atoms with van der Waals surface area (Å²) in [7, 11) is 1.84. The van der Waals surface area contributed by atoms with E-state index in [4.69, 9.17) is 0 Å². The fraction of sp³-hybridized carbons (Fsp3) is 0.389. The molecule has 1 N–H and O–H groups in total. The fourth-order valence-corrected chi connectivity index (χ4v) is 3.60. The molecule has 0 spiro atoms. The van der Waals surface area contributed by atoms with Gasteiger partial charge in [0.05, 0.1) is 0 Å². The number of hydrogen-bond acceptors (Lipinski definition) is 3. The Morgan fingerprint density at radius 2 is 2.09 bits per heavy atom. The van der Waals surface area contributed by atoms with Crippen molar-refractivity contribution in [3.05, 3.63) is 35.8 Å². The molecule has 0 bridgehead atoms. The lowest BCUT2D eigenvalue weighted by Gasteiger charge is -2.24. The van der Waals surface area contributed by atoms with E-state index in [2.05, 4.69) is 15.0 Å². The van der Waals surface area contributed by atoms with E-state index in [1.807, 2.05) is 31.5 Å². The normalized spacial score (nSPS) is 21.4. The van der Waals surface area contributed by atoms with Crippen LogP contribution >= 0.6 is 0 Å². The van der Waals surface area contributed by atoms with Gasteiger partial charge in [-0.05, 0) is 36.6 Å². The van der Waals surface area contributed by atoms with Crippen molar-refractivity contribution in [3.8, 4) is 0 Å². The summed E-state index contributed by atoms with van der Waals surface area (Å²) in [4.78, 5) is 26.4. The molecule has 0 saturated heterocycles. The monoisotopic (exact) mass is 308 g/mol. The van der Waals surface area contributed by atoms with Crippen molar-refractivity contribution in [3.63, 3.8) is 0 Å². The van der Waals surface area contributed by atoms with Crippen LogP contribution in [0.1, 0.15) is 37.7 Å². The number of pyridine rings is 1. The summed E-state index contributed by atoms with van der Waals surface area (Å²) >= 11 is 0. The number of amidine groups is 1. The minimum atomic E-state index is -0.00827. The maximum absolute atomic E-state index is 12.6. The van der Waals surface area contributed by atoms with Gasteiger partial charge in [0.25, 0.3) is 5.91 Å². The van der Waals surface area contributed by atoms with E-state index < -0.39 is 0 Å². The standard InChI is InChI=1S/C18H20N4O/c1-22-17(12-5-3-2-4-6-12)21-15(18(22)23)11-13-7-9-19-16-14(13)8-10-20-16/h7-12H,2-6H2,1H3,(H,19,20)/b15-11-. The SMILES string of the molecule is CN1C(=O)/C(=C/c2ccnc3[nH]ccc23)N=C1C1CCCCC1. The van der Waals surface area contributed by atoms with Crippen molar-refractivity contribution in [2.24, 2.45) is 10.9 Å². The van der Waals surface area contributed by atoms with Crippen molar-refractivity contribution in [2.45, 2.75) is 32.1 Å². The number of aromatic amines is 1. The van der Waals surface area contributed by atoms with Gasteiger partial charge in [0, 0.05) is 30.7 Å². The van der Waals surface area contributed by atoms with Crippen molar-refractivity contribution in [2.75, 3.05) is 7.05 Å². The average Bonchev–Trinajstić information content (AvgIpc) is 3.17. The molecule has 5 nitrogen and oxygen atoms in total. The lowest BCUT2D eigenvalue weighted by atomic mass is 9.88. The van der Waals surface area contributed by atoms with Gasteiger partial charge in [0.2, 0.25) is 0 Å². The number of fused-ring (bicyclic) bond motifs is 1. The van der Waals surface area contributed by atoms with Crippen LogP contribution in [0.5, 0.6) is 0 Å². The predicted molar refractivity (Wildman–Crippen MR) is 90.9 cm³/mol. The number of aliphatic imine (C=N–C) groups is 1. The number of nitrogens with zero attached hydrogens (tertiary/aromatic N) is 3. The smallest absolute Gasteiger partial charge is 0.277 e. The minimum Gasteiger partial charge on any atom is -0.346 e. The van der Waals surface area contributed by atoms with Crippen molar-refractivity contribution in [1.29, 1.82) is 0 Å². The Morgan fingerprint density at radius 1 is 1.26 bits per heavy atom. The summed E-state index contributed by atoms with van der Waals surface area (Å²) in [6.45, 7) is 0. The Bertz CT molecular complexity index is 811. The molecule has 2 aromatic heterocycles. The maximum atomic E-state index is 12.6. The number of H-pyrrole nitrogens is 1. The number of carbonyl (C=O) groups excluding carboxylic acids is 1. The quantitative estimate of drug-likeness (QED) is 0.865. The molecule has 2 aliphatic rings. The Balaban J connectivity index is 1.71. The highest BCUT2D eigenvalue weighted by Crippen LogP contribution is 2.30. The zero-order valence-corrected chi connectivity index (χ0v) is 13.2. The van der Waals surface area contributed by atoms with Crippen LogP contribution in [0, 0.1) is 5.92 Å². The molecule has 0 aromatic carbocycles. The number of nitrogens with one attached hydrogen (secondary N) is 1. The Hall–Kier alpha value is -2.43. The first-order chi connectivity index (χ1) is 11.2. The number of likely N-dealkylation sites (N-methyl/N-ethyl adjacent to an activating group) is 1. The summed E-state index contributed by atoms with van der Waals surface area (Å²) in [5.41, 5.74) is 2.33. The van der Waals surface area contributed by atoms with Gasteiger partial charge in [-0.1, -0.05) is 19.3 Å². The molecule has 1 saturated carbocycles. The van der Waals surface area contributed by atoms with Gasteiger partial charge in [-0.15, -0.1) is 0 Å². The number of rotatable bonds is 2. The van der Waals surface area contributed by atoms with Gasteiger partial charge in [-0.25, -0.2) is 9.98 Å². The molecular formula is C18H20N4O. The van der Waals surface area contributed by atoms with Crippen molar-refractivity contribution >= 4 is 28.9 Å². The fourth-order valence-electron chi connectivity index (χ4n) is 3.60. The van der Waals surface area contributed by atoms with Crippen molar-refractivity contribution < 1.29 is 4.79 Å². The van der Waals surface area contributed by atoms with Gasteiger partial charge in [-0.3, -0.25) is 9.69 Å². The second-order valence-corrected chi connectivity index (χ2v) is 6.34. The van der Waals surface area contributed by atoms with Crippen LogP contribution in [0.4, 0.5) is 0 Å². The number of hydrogen-bond donors (Lipinski definition) is 1. The van der Waals surface area contributed by atoms with Crippen molar-refractivity contribution in [1.82, 2.24) is 14.9 Å². The molecule has 118 valence electrons. The summed E-state index contributed by atoms with van der Waals surface area (Å²) in [6, 6.07) is 3.90. The van der Waals surface area contributed by atoms with Crippen LogP contribution in [-0.2, 0) is 4.79 Å². The second-order valence-electron chi connectivity index (χ2n) is 6.34. The Labute approximate surface area is 135 Å². The number of aromatic nitrogens is 2. The minimum absolute atomic E-state index is 0.00827. The summed E-state index contributed by atoms with van der Waals surface area (Å²) in [5, 5.41) is 1.01. The zero-order chi connectivity index (χ0) is 15.8. The molecular weight excluding hydrogens is 288 g/mol. The van der Waals surface area contributed by atoms with Gasteiger partial charge in [0.1, 0.15) is 17.2 Å². The molecule has 0 radical (unpaired) electrons. The lowest BCUT2D eigenvalue weighted by Crippen LogP contribution is -2.33. The topological polar surface area (TPSA) is 61.4 Å². The molecule has 2 aromatic rings. The van der Waals surface area contributed by atoms with E-state index >= 15 is 0 Å². The van der Waals surface area contributed by atoms with E-state index in [0.29, 0.717) is 11.6 Å². The van der Waals surface area contributed by atoms with E-state index in [1.54, 1.807) is 11.1 Å². The largest absolute Gasteiger partial charge is 0.346 e. The average molecular weight is 308 g/mol. The van der Waals surface area contributed by atoms with Crippen LogP contribution in [0.15, 0.2) is 35.2 Å². The first-order valence-electron chi connectivity index (χ1n) is 8.24. The van der Waals surface area contributed by atoms with Crippen LogP contribution in [0.25, 0.3) is 17.1 Å². The summed E-state index contributed by atoms with van der Waals surface area (Å²) < 4.78 is 0. The third-order valence-electron chi connectivity index (χ3n) is 4.86. The maximum Gasteiger partial charge on any atom is 0.277 e. The van der Waals surface area contributed by atoms with Crippen LogP contribution in [0.2, 0.25) is 0 Å². The summed E-state index contributed by atoms with van der Waals surface area (Å²) in [6.07, 6.45) is 11.5. The summed E-state index contributed by atoms with van der Waals surface area (Å²) in [5.74, 6) is 1.36. The predicted octanol–water partition coefficient (Wildman–Crippen LogP) is 3.35. The third kappa shape index (κ3) is 2.46. The molecule has 3 heterocycles. The van der Waals surface area contributed by atoms with Crippen LogP contribution < -0.4 is 0 Å². The molecule has 5 heteroatoms. The van der Waals surface area contributed by atoms with E-state index in [0.717, 1.165) is 35.3 Å². The molecule has 1 amide bonds. The molecule has 23 heavy (non-hydrogen) atoms. The van der Waals surface area contributed by atoms with E-state index in [-0.39, 0.29) is 5.91 Å². The molecule has 1 aliphatic heterocycles. The highest BCUT2D eigenvalue weighted by molar-refractivity contribution is 6.15. The molecule has 0 atom stereocenters. The second kappa shape index (κ2) is 5.65. The van der Waals surface area contributed by atoms with E-state index in [1.165, 1.54) is 19.3 Å². The first kappa shape index (κ1) is 14.2.